The van der Waals surface area contributed by atoms with Crippen molar-refractivity contribution in [1.82, 2.24) is 15.8 Å². The molecular weight excluding hydrogens is 406 g/mol. The van der Waals surface area contributed by atoms with E-state index in [1.54, 1.807) is 19.1 Å². The molecule has 10 heteroatoms. The second kappa shape index (κ2) is 9.40. The Labute approximate surface area is 170 Å². The van der Waals surface area contributed by atoms with Gasteiger partial charge in [0.05, 0.1) is 12.8 Å². The van der Waals surface area contributed by atoms with Gasteiger partial charge in [0.25, 0.3) is 5.91 Å². The minimum Gasteiger partial charge on any atom is -0.495 e. The van der Waals surface area contributed by atoms with Crippen molar-refractivity contribution >= 4 is 28.2 Å². The maximum atomic E-state index is 12.8. The molecule has 3 rings (SSSR count). The average Bonchev–Trinajstić information content (AvgIpc) is 3.06. The average molecular weight is 430 g/mol. The molecule has 28 heavy (non-hydrogen) atoms. The molecule has 1 fully saturated rings. The Morgan fingerprint density at radius 3 is 2.79 bits per heavy atom. The number of sulfone groups is 1. The number of piperidine rings is 1. The van der Waals surface area contributed by atoms with Gasteiger partial charge in [0.15, 0.2) is 15.6 Å². The van der Waals surface area contributed by atoms with Crippen LogP contribution in [0.3, 0.4) is 0 Å². The lowest BCUT2D eigenvalue weighted by Gasteiger charge is -2.24. The van der Waals surface area contributed by atoms with E-state index in [-0.39, 0.29) is 52.1 Å². The number of aromatic nitrogens is 1. The van der Waals surface area contributed by atoms with Crippen LogP contribution < -0.4 is 15.4 Å². The summed E-state index contributed by atoms with van der Waals surface area (Å²) in [7, 11) is -2.39. The van der Waals surface area contributed by atoms with Crippen molar-refractivity contribution in [1.29, 1.82) is 0 Å². The Morgan fingerprint density at radius 1 is 1.39 bits per heavy atom. The van der Waals surface area contributed by atoms with Crippen molar-refractivity contribution in [2.45, 2.75) is 36.5 Å². The number of carbonyl (C=O) groups excluding carboxylic acids is 1. The summed E-state index contributed by atoms with van der Waals surface area (Å²) in [4.78, 5) is 12.5. The molecule has 1 atom stereocenters. The molecule has 0 saturated carbocycles. The Hall–Kier alpha value is -2.10. The van der Waals surface area contributed by atoms with Gasteiger partial charge >= 0.3 is 0 Å². The number of nitrogens with one attached hydrogen (secondary N) is 2. The van der Waals surface area contributed by atoms with E-state index in [2.05, 4.69) is 15.8 Å². The number of hydrogen-bond acceptors (Lipinski definition) is 7. The third kappa shape index (κ3) is 5.24. The maximum absolute atomic E-state index is 12.8. The van der Waals surface area contributed by atoms with Crippen molar-refractivity contribution in [2.24, 2.45) is 0 Å². The fourth-order valence-electron chi connectivity index (χ4n) is 3.05. The first-order valence-corrected chi connectivity index (χ1v) is 10.4. The Kier molecular flexibility index (Phi) is 7.45. The summed E-state index contributed by atoms with van der Waals surface area (Å²) in [5.74, 6) is -0.250. The molecule has 0 aliphatic carbocycles. The molecule has 2 heterocycles. The molecule has 1 amide bonds. The summed E-state index contributed by atoms with van der Waals surface area (Å²) >= 11 is 0. The number of rotatable bonds is 6. The van der Waals surface area contributed by atoms with Gasteiger partial charge in [0, 0.05) is 24.2 Å². The van der Waals surface area contributed by atoms with Crippen LogP contribution in [0, 0.1) is 6.92 Å². The molecule has 0 unspecified atom stereocenters. The molecule has 0 spiro atoms. The van der Waals surface area contributed by atoms with E-state index in [0.717, 1.165) is 19.4 Å². The molecule has 0 bridgehead atoms. The number of halogens is 1. The highest BCUT2D eigenvalue weighted by molar-refractivity contribution is 7.90. The van der Waals surface area contributed by atoms with Crippen LogP contribution in [0.2, 0.25) is 0 Å². The van der Waals surface area contributed by atoms with Crippen molar-refractivity contribution in [2.75, 3.05) is 20.2 Å². The molecule has 1 aromatic heterocycles. The molecule has 1 aliphatic heterocycles. The first-order chi connectivity index (χ1) is 12.9. The summed E-state index contributed by atoms with van der Waals surface area (Å²) in [6.07, 6.45) is 1.88. The lowest BCUT2D eigenvalue weighted by Crippen LogP contribution is -2.45. The molecule has 154 valence electrons. The third-order valence-corrected chi connectivity index (χ3v) is 6.06. The van der Waals surface area contributed by atoms with E-state index >= 15 is 0 Å². The zero-order chi connectivity index (χ0) is 19.4. The molecule has 2 aromatic rings. The zero-order valence-corrected chi connectivity index (χ0v) is 17.4. The molecule has 1 aromatic carbocycles. The largest absolute Gasteiger partial charge is 0.495 e. The highest BCUT2D eigenvalue weighted by Gasteiger charge is 2.25. The van der Waals surface area contributed by atoms with E-state index in [9.17, 15) is 13.2 Å². The number of hydrogen-bond donors (Lipinski definition) is 2. The van der Waals surface area contributed by atoms with E-state index < -0.39 is 9.84 Å². The van der Waals surface area contributed by atoms with Gasteiger partial charge < -0.3 is 19.9 Å². The topological polar surface area (TPSA) is 111 Å². The minimum atomic E-state index is -3.78. The van der Waals surface area contributed by atoms with Crippen LogP contribution in [-0.4, -0.2) is 45.7 Å². The molecule has 1 aliphatic rings. The van der Waals surface area contributed by atoms with E-state index in [0.29, 0.717) is 12.2 Å². The van der Waals surface area contributed by atoms with Gasteiger partial charge in [-0.15, -0.1) is 12.4 Å². The summed E-state index contributed by atoms with van der Waals surface area (Å²) in [6, 6.07) is 6.00. The van der Waals surface area contributed by atoms with Crippen molar-refractivity contribution < 1.29 is 22.5 Å². The smallest absolute Gasteiger partial charge is 0.251 e. The molecule has 8 nitrogen and oxygen atoms in total. The van der Waals surface area contributed by atoms with Crippen LogP contribution in [-0.2, 0) is 15.6 Å². The fraction of sp³-hybridized carbons (Fsp3) is 0.444. The van der Waals surface area contributed by atoms with Gasteiger partial charge in [-0.25, -0.2) is 8.42 Å². The molecule has 1 saturated heterocycles. The number of methoxy groups -OCH3 is 1. The van der Waals surface area contributed by atoms with Crippen LogP contribution in [0.1, 0.15) is 34.7 Å². The third-order valence-electron chi connectivity index (χ3n) is 4.40. The molecule has 0 radical (unpaired) electrons. The van der Waals surface area contributed by atoms with E-state index in [1.807, 2.05) is 0 Å². The predicted octanol–water partition coefficient (Wildman–Crippen LogP) is 1.87. The van der Waals surface area contributed by atoms with E-state index in [1.165, 1.54) is 19.2 Å². The maximum Gasteiger partial charge on any atom is 0.251 e. The quantitative estimate of drug-likeness (QED) is 0.721. The van der Waals surface area contributed by atoms with Crippen LogP contribution in [0.15, 0.2) is 33.7 Å². The zero-order valence-electron chi connectivity index (χ0n) is 15.7. The first kappa shape index (κ1) is 22.2. The van der Waals surface area contributed by atoms with Crippen LogP contribution in [0.4, 0.5) is 0 Å². The second-order valence-electron chi connectivity index (χ2n) is 6.58. The van der Waals surface area contributed by atoms with Crippen LogP contribution >= 0.6 is 12.4 Å². The summed E-state index contributed by atoms with van der Waals surface area (Å²) < 4.78 is 35.9. The first-order valence-electron chi connectivity index (χ1n) is 8.73. The number of nitrogens with zero attached hydrogens (tertiary/aromatic N) is 1. The number of aryl methyl sites for hydroxylation is 1. The van der Waals surface area contributed by atoms with E-state index in [4.69, 9.17) is 9.26 Å². The van der Waals surface area contributed by atoms with Gasteiger partial charge in [0.1, 0.15) is 16.4 Å². The van der Waals surface area contributed by atoms with Crippen LogP contribution in [0.25, 0.3) is 0 Å². The number of ether oxygens (including phenoxy) is 1. The second-order valence-corrected chi connectivity index (χ2v) is 8.53. The number of carbonyl (C=O) groups is 1. The minimum absolute atomic E-state index is 0. The molecule has 2 N–H and O–H groups in total. The highest BCUT2D eigenvalue weighted by atomic mass is 35.5. The number of amides is 1. The van der Waals surface area contributed by atoms with Gasteiger partial charge in [-0.1, -0.05) is 5.16 Å². The van der Waals surface area contributed by atoms with Gasteiger partial charge in [-0.2, -0.15) is 0 Å². The Morgan fingerprint density at radius 2 is 2.18 bits per heavy atom. The number of benzene rings is 1. The fourth-order valence-corrected chi connectivity index (χ4v) is 4.48. The summed E-state index contributed by atoms with van der Waals surface area (Å²) in [6.45, 7) is 3.36. The van der Waals surface area contributed by atoms with Crippen molar-refractivity contribution in [3.05, 3.63) is 41.3 Å². The Balaban J connectivity index is 0.00000280. The standard InChI is InChI=1S/C18H23N3O5S.ClH/c1-12-8-15(26-21-12)11-27(23,24)17-9-13(5-6-16(17)25-2)18(22)20-14-4-3-7-19-10-14;/h5-6,8-9,14,19H,3-4,7,10-11H2,1-2H3,(H,20,22);1H/t14-;/m0./s1. The molecular formula is C18H24ClN3O5S. The Bertz CT molecular complexity index is 923. The van der Waals surface area contributed by atoms with Crippen LogP contribution in [0.5, 0.6) is 5.75 Å². The lowest BCUT2D eigenvalue weighted by atomic mass is 10.1. The van der Waals surface area contributed by atoms with Crippen molar-refractivity contribution in [3.63, 3.8) is 0 Å². The van der Waals surface area contributed by atoms with Gasteiger partial charge in [0.2, 0.25) is 0 Å². The van der Waals surface area contributed by atoms with Crippen molar-refractivity contribution in [3.8, 4) is 5.75 Å². The van der Waals surface area contributed by atoms with Gasteiger partial charge in [-0.05, 0) is 44.5 Å². The predicted molar refractivity (Wildman–Crippen MR) is 106 cm³/mol. The SMILES string of the molecule is COc1ccc(C(=O)N[C@H]2CCCNC2)cc1S(=O)(=O)Cc1cc(C)no1.Cl. The summed E-state index contributed by atoms with van der Waals surface area (Å²) in [5.41, 5.74) is 0.870. The highest BCUT2D eigenvalue weighted by Crippen LogP contribution is 2.28. The lowest BCUT2D eigenvalue weighted by molar-refractivity contribution is 0.0930. The normalized spacial score (nSPS) is 16.9. The summed E-state index contributed by atoms with van der Waals surface area (Å²) in [5, 5.41) is 9.87. The van der Waals surface area contributed by atoms with Gasteiger partial charge in [-0.3, -0.25) is 4.79 Å². The monoisotopic (exact) mass is 429 g/mol.